The van der Waals surface area contributed by atoms with Gasteiger partial charge in [-0.1, -0.05) is 104 Å². The second-order valence-corrected chi connectivity index (χ2v) is 24.0. The van der Waals surface area contributed by atoms with Gasteiger partial charge in [0.25, 0.3) is 35.4 Å². The zero-order valence-corrected chi connectivity index (χ0v) is 52.0. The van der Waals surface area contributed by atoms with Crippen LogP contribution in [0.5, 0.6) is 0 Å². The molecule has 0 spiro atoms. The molecule has 0 bridgehead atoms. The molecule has 86 heavy (non-hydrogen) atoms. The highest BCUT2D eigenvalue weighted by Gasteiger charge is 2.43. The van der Waals surface area contributed by atoms with Crippen LogP contribution in [0.1, 0.15) is 138 Å². The van der Waals surface area contributed by atoms with Crippen LogP contribution in [0, 0.1) is 23.7 Å². The Morgan fingerprint density at radius 2 is 0.686 bits per heavy atom. The molecule has 0 unspecified atom stereocenters. The lowest BCUT2D eigenvalue weighted by Gasteiger charge is -2.35. The van der Waals surface area contributed by atoms with Crippen molar-refractivity contribution in [2.45, 2.75) is 169 Å². The van der Waals surface area contributed by atoms with E-state index in [2.05, 4.69) is 10.2 Å². The summed E-state index contributed by atoms with van der Waals surface area (Å²) in [6.07, 6.45) is -0.794. The summed E-state index contributed by atoms with van der Waals surface area (Å²) in [7, 11) is 5.42. The van der Waals surface area contributed by atoms with Crippen LogP contribution in [0.3, 0.4) is 0 Å². The Morgan fingerprint density at radius 3 is 0.942 bits per heavy atom. The number of cyclic esters (lactones) is 4. The van der Waals surface area contributed by atoms with Gasteiger partial charge in [-0.2, -0.15) is 10.2 Å². The largest absolute Gasteiger partial charge is 0.451 e. The molecule has 468 valence electrons. The molecule has 5 rings (SSSR count). The van der Waals surface area contributed by atoms with E-state index in [1.165, 1.54) is 76.2 Å². The standard InChI is InChI=1S/C62H86N10O14/c1-35(2)23-47-59(79)83-39(9)55(75)67(11)50(26-38(7)8)62(82)86-52(28-42-17-21-44(22-18-42)32-72-34-46(30-66-72)54(64)74)58(78)70(14)48(24-36(3)4)60(80)84-40(10)56(76)68(12)49(25-37(5)6)61(81)85-51(57(77)69(47)13)27-41-15-19-43(20-16-41)31-71-33-45(29-65-71)53(63)73/h15-22,29-30,33-40,47-52H,23-28,31-32H2,1-14H3,(H2,63,73)(H2,64,74)/t39-,40-,47+,48+,49+,50+,51-,52-/m1/s1. The first-order valence-electron chi connectivity index (χ1n) is 29.0. The van der Waals surface area contributed by atoms with E-state index in [1.54, 1.807) is 48.5 Å². The fourth-order valence-corrected chi connectivity index (χ4v) is 10.00. The first-order chi connectivity index (χ1) is 40.3. The summed E-state index contributed by atoms with van der Waals surface area (Å²) in [6, 6.07) is 8.59. The van der Waals surface area contributed by atoms with Gasteiger partial charge in [0.15, 0.2) is 24.4 Å². The van der Waals surface area contributed by atoms with Crippen molar-refractivity contribution in [3.63, 3.8) is 0 Å². The van der Waals surface area contributed by atoms with E-state index in [4.69, 9.17) is 30.4 Å². The van der Waals surface area contributed by atoms with Crippen molar-refractivity contribution >= 4 is 59.3 Å². The topological polar surface area (TPSA) is 308 Å². The monoisotopic (exact) mass is 1190 g/mol. The minimum Gasteiger partial charge on any atom is -0.451 e. The van der Waals surface area contributed by atoms with Crippen LogP contribution in [0.2, 0.25) is 0 Å². The summed E-state index contributed by atoms with van der Waals surface area (Å²) in [5.41, 5.74) is 13.9. The summed E-state index contributed by atoms with van der Waals surface area (Å²) in [5, 5.41) is 8.39. The molecule has 1 aliphatic heterocycles. The number of nitrogens with zero attached hydrogens (tertiary/aromatic N) is 8. The predicted octanol–water partition coefficient (Wildman–Crippen LogP) is 4.35. The zero-order valence-electron chi connectivity index (χ0n) is 52.0. The Labute approximate surface area is 503 Å². The van der Waals surface area contributed by atoms with E-state index in [1.807, 2.05) is 55.4 Å². The van der Waals surface area contributed by atoms with Gasteiger partial charge in [-0.25, -0.2) is 19.2 Å². The lowest BCUT2D eigenvalue weighted by atomic mass is 9.99. The number of esters is 4. The molecule has 0 aliphatic carbocycles. The highest BCUT2D eigenvalue weighted by Crippen LogP contribution is 2.25. The normalized spacial score (nSPS) is 22.3. The number of benzene rings is 2. The Morgan fingerprint density at radius 1 is 0.430 bits per heavy atom. The van der Waals surface area contributed by atoms with Crippen LogP contribution in [0.25, 0.3) is 0 Å². The first kappa shape index (κ1) is 68.3. The van der Waals surface area contributed by atoms with E-state index < -0.39 is 108 Å². The van der Waals surface area contributed by atoms with E-state index in [-0.39, 0.29) is 86.4 Å². The zero-order chi connectivity index (χ0) is 64.0. The molecule has 4 N–H and O–H groups in total. The molecular formula is C62H86N10O14. The third-order valence-corrected chi connectivity index (χ3v) is 14.9. The maximum absolute atomic E-state index is 15.0. The predicted molar refractivity (Wildman–Crippen MR) is 315 cm³/mol. The lowest BCUT2D eigenvalue weighted by Crippen LogP contribution is -2.55. The number of carbonyl (C=O) groups excluding carboxylic acids is 10. The minimum absolute atomic E-state index is 0.0386. The molecule has 1 fully saturated rings. The molecule has 2 aromatic heterocycles. The van der Waals surface area contributed by atoms with Crippen LogP contribution < -0.4 is 11.5 Å². The van der Waals surface area contributed by atoms with Gasteiger partial charge >= 0.3 is 23.9 Å². The molecule has 2 aromatic carbocycles. The van der Waals surface area contributed by atoms with Gasteiger partial charge in [0.05, 0.1) is 36.6 Å². The fraction of sp³-hybridized carbons (Fsp3) is 0.548. The minimum atomic E-state index is -1.60. The van der Waals surface area contributed by atoms with Crippen molar-refractivity contribution < 1.29 is 66.9 Å². The fourth-order valence-electron chi connectivity index (χ4n) is 10.00. The van der Waals surface area contributed by atoms with Gasteiger partial charge < -0.3 is 50.0 Å². The quantitative estimate of drug-likeness (QED) is 0.103. The Hall–Kier alpha value is -8.44. The van der Waals surface area contributed by atoms with Crippen molar-refractivity contribution in [2.75, 3.05) is 28.2 Å². The summed E-state index contributed by atoms with van der Waals surface area (Å²) < 4.78 is 27.2. The average Bonchev–Trinajstić information content (AvgIpc) is 2.58. The van der Waals surface area contributed by atoms with E-state index in [0.29, 0.717) is 11.1 Å². The summed E-state index contributed by atoms with van der Waals surface area (Å²) in [6.45, 7) is 17.8. The smallest absolute Gasteiger partial charge is 0.329 e. The lowest BCUT2D eigenvalue weighted by molar-refractivity contribution is -0.176. The number of ether oxygens (including phenoxy) is 4. The Bertz CT molecular complexity index is 2830. The van der Waals surface area contributed by atoms with Gasteiger partial charge in [-0.15, -0.1) is 0 Å². The number of hydrogen-bond donors (Lipinski definition) is 2. The molecule has 3 heterocycles. The highest BCUT2D eigenvalue weighted by atomic mass is 16.6. The van der Waals surface area contributed by atoms with Gasteiger partial charge in [0, 0.05) is 53.4 Å². The first-order valence-corrected chi connectivity index (χ1v) is 29.0. The number of likely N-dealkylation sites (N-methyl/N-ethyl adjacent to an activating group) is 4. The molecule has 0 radical (unpaired) electrons. The summed E-state index contributed by atoms with van der Waals surface area (Å²) in [5.74, 6) is -9.24. The number of rotatable bonds is 18. The molecule has 24 nitrogen and oxygen atoms in total. The molecule has 0 saturated carbocycles. The molecule has 24 heteroatoms. The second kappa shape index (κ2) is 30.6. The average molecular weight is 1200 g/mol. The maximum atomic E-state index is 15.0. The number of hydrogen-bond acceptors (Lipinski definition) is 16. The second-order valence-electron chi connectivity index (χ2n) is 24.0. The van der Waals surface area contributed by atoms with Crippen LogP contribution >= 0.6 is 0 Å². The molecule has 1 aliphatic rings. The molecule has 8 atom stereocenters. The van der Waals surface area contributed by atoms with Gasteiger partial charge in [-0.3, -0.25) is 38.1 Å². The molecule has 1 saturated heterocycles. The van der Waals surface area contributed by atoms with Crippen LogP contribution in [-0.4, -0.2) is 175 Å². The SMILES string of the molecule is CC(C)C[C@H]1C(=O)O[C@H](Cc2ccc(Cn3cc(C(N)=O)cn3)cc2)C(=O)N(C)[C@@H](CC(C)C)C(=O)O[C@H](C)C(=O)N(C)[C@@H](CC(C)C)C(=O)O[C@H](Cc2ccc(Cn3cc(C(N)=O)cn3)cc2)C(=O)N(C)[C@@H](CC(C)C)C(=O)O[C@H](C)C(=O)N1C. The van der Waals surface area contributed by atoms with Gasteiger partial charge in [0.2, 0.25) is 0 Å². The van der Waals surface area contributed by atoms with Crippen LogP contribution in [0.15, 0.2) is 73.3 Å². The third-order valence-electron chi connectivity index (χ3n) is 14.9. The van der Waals surface area contributed by atoms with Crippen molar-refractivity contribution in [3.8, 4) is 0 Å². The maximum Gasteiger partial charge on any atom is 0.329 e. The molecule has 4 aromatic rings. The number of aromatic nitrogens is 4. The molecule has 6 amide bonds. The van der Waals surface area contributed by atoms with Gasteiger partial charge in [-0.05, 0) is 85.5 Å². The Balaban J connectivity index is 1.58. The third kappa shape index (κ3) is 18.8. The Kier molecular flexibility index (Phi) is 24.3. The number of amides is 6. The van der Waals surface area contributed by atoms with Crippen molar-refractivity contribution in [1.29, 1.82) is 0 Å². The van der Waals surface area contributed by atoms with Gasteiger partial charge in [0.1, 0.15) is 24.2 Å². The summed E-state index contributed by atoms with van der Waals surface area (Å²) >= 11 is 0. The van der Waals surface area contributed by atoms with Crippen LogP contribution in [0.4, 0.5) is 0 Å². The summed E-state index contributed by atoms with van der Waals surface area (Å²) in [4.78, 5) is 145. The number of nitrogens with two attached hydrogens (primary N) is 2. The van der Waals surface area contributed by atoms with E-state index in [9.17, 15) is 38.4 Å². The van der Waals surface area contributed by atoms with E-state index in [0.717, 1.165) is 30.7 Å². The van der Waals surface area contributed by atoms with Crippen molar-refractivity contribution in [3.05, 3.63) is 107 Å². The van der Waals surface area contributed by atoms with Crippen molar-refractivity contribution in [2.24, 2.45) is 35.1 Å². The molecular weight excluding hydrogens is 1110 g/mol. The number of primary amides is 2. The highest BCUT2D eigenvalue weighted by molar-refractivity contribution is 5.95. The number of carbonyl (C=O) groups is 10. The van der Waals surface area contributed by atoms with Crippen LogP contribution in [-0.2, 0) is 83.2 Å². The van der Waals surface area contributed by atoms with Crippen molar-refractivity contribution in [1.82, 2.24) is 39.2 Å². The van der Waals surface area contributed by atoms with E-state index >= 15 is 9.59 Å².